The first-order valence-electron chi connectivity index (χ1n) is 15.2. The van der Waals surface area contributed by atoms with Crippen molar-refractivity contribution in [2.45, 2.75) is 101 Å². The third kappa shape index (κ3) is 6.94. The van der Waals surface area contributed by atoms with Gasteiger partial charge < -0.3 is 29.7 Å². The Morgan fingerprint density at radius 2 is 2.00 bits per heavy atom. The normalized spacial score (nSPS) is 29.3. The van der Waals surface area contributed by atoms with Crippen LogP contribution in [0.2, 0.25) is 0 Å². The predicted molar refractivity (Wildman–Crippen MR) is 163 cm³/mol. The summed E-state index contributed by atoms with van der Waals surface area (Å²) in [5.74, 6) is -3.10. The summed E-state index contributed by atoms with van der Waals surface area (Å²) in [6, 6.07) is -1.60. The minimum Gasteiger partial charge on any atom is -0.460 e. The molecule has 0 aliphatic carbocycles. The SMILES string of the molecule is C=CCCC(=O)NC[C@H](C)OC(=O)[C@H]1[C@@H]2O[C@@]3(CC2Br)[C@@H]1C(=O)N([C@@H](CO)CC(C)C)[C@@H]3C(=O)N(CC=C)CCCC. The lowest BCUT2D eigenvalue weighted by Crippen LogP contribution is -2.59. The van der Waals surface area contributed by atoms with Gasteiger partial charge in [-0.3, -0.25) is 19.2 Å². The van der Waals surface area contributed by atoms with Gasteiger partial charge in [-0.05, 0) is 38.5 Å². The molecule has 3 amide bonds. The molecule has 8 atom stereocenters. The predicted octanol–water partition coefficient (Wildman–Crippen LogP) is 2.97. The molecule has 0 saturated carbocycles. The first-order chi connectivity index (χ1) is 20.0. The van der Waals surface area contributed by atoms with Crippen LogP contribution < -0.4 is 5.32 Å². The Labute approximate surface area is 258 Å². The molecule has 42 heavy (non-hydrogen) atoms. The summed E-state index contributed by atoms with van der Waals surface area (Å²) in [7, 11) is 0. The van der Waals surface area contributed by atoms with Gasteiger partial charge in [-0.1, -0.05) is 55.3 Å². The molecule has 3 heterocycles. The summed E-state index contributed by atoms with van der Waals surface area (Å²) >= 11 is 3.68. The minimum atomic E-state index is -1.24. The van der Waals surface area contributed by atoms with Gasteiger partial charge in [0.25, 0.3) is 0 Å². The first kappa shape index (κ1) is 34.3. The molecule has 0 aromatic rings. The van der Waals surface area contributed by atoms with Gasteiger partial charge >= 0.3 is 5.97 Å². The number of hydrogen-bond acceptors (Lipinski definition) is 7. The molecule has 3 aliphatic heterocycles. The number of nitrogens with one attached hydrogen (secondary N) is 1. The average molecular weight is 655 g/mol. The number of fused-ring (bicyclic) bond motifs is 1. The number of aliphatic hydroxyl groups is 1. The Bertz CT molecular complexity index is 1020. The van der Waals surface area contributed by atoms with E-state index in [4.69, 9.17) is 9.47 Å². The second kappa shape index (κ2) is 15.0. The number of unbranched alkanes of at least 4 members (excludes halogenated alkanes) is 1. The van der Waals surface area contributed by atoms with Crippen molar-refractivity contribution >= 4 is 39.6 Å². The molecule has 1 spiro atoms. The monoisotopic (exact) mass is 653 g/mol. The molecule has 2 bridgehead atoms. The van der Waals surface area contributed by atoms with Crippen molar-refractivity contribution in [1.29, 1.82) is 0 Å². The molecule has 0 radical (unpaired) electrons. The zero-order chi connectivity index (χ0) is 31.2. The van der Waals surface area contributed by atoms with E-state index in [-0.39, 0.29) is 41.6 Å². The number of allylic oxidation sites excluding steroid dienone is 1. The van der Waals surface area contributed by atoms with Crippen LogP contribution in [-0.4, -0.2) is 99.6 Å². The molecule has 3 aliphatic rings. The van der Waals surface area contributed by atoms with Crippen molar-refractivity contribution in [3.05, 3.63) is 25.3 Å². The van der Waals surface area contributed by atoms with Crippen LogP contribution in [0.4, 0.5) is 0 Å². The Morgan fingerprint density at radius 1 is 1.29 bits per heavy atom. The number of carbonyl (C=O) groups is 4. The first-order valence-corrected chi connectivity index (χ1v) is 16.1. The topological polar surface area (TPSA) is 125 Å². The summed E-state index contributed by atoms with van der Waals surface area (Å²) in [5.41, 5.74) is -1.24. The van der Waals surface area contributed by atoms with Crippen molar-refractivity contribution < 1.29 is 33.8 Å². The Hall–Kier alpha value is -2.24. The van der Waals surface area contributed by atoms with Gasteiger partial charge in [-0.2, -0.15) is 0 Å². The van der Waals surface area contributed by atoms with Crippen molar-refractivity contribution in [3.8, 4) is 0 Å². The number of carbonyl (C=O) groups excluding carboxylic acids is 4. The fourth-order valence-electron chi connectivity index (χ4n) is 6.70. The van der Waals surface area contributed by atoms with E-state index in [1.807, 2.05) is 20.8 Å². The molecular formula is C31H48BrN3O7. The highest BCUT2D eigenvalue weighted by Gasteiger charge is 2.77. The maximum absolute atomic E-state index is 14.4. The Morgan fingerprint density at radius 3 is 2.60 bits per heavy atom. The van der Waals surface area contributed by atoms with E-state index in [1.54, 1.807) is 24.0 Å². The Balaban J connectivity index is 1.95. The number of rotatable bonds is 17. The fourth-order valence-corrected chi connectivity index (χ4v) is 7.64. The number of halogens is 1. The lowest BCUT2D eigenvalue weighted by molar-refractivity contribution is -0.160. The number of alkyl halides is 1. The van der Waals surface area contributed by atoms with Gasteiger partial charge in [0.15, 0.2) is 0 Å². The van der Waals surface area contributed by atoms with Crippen LogP contribution >= 0.6 is 15.9 Å². The van der Waals surface area contributed by atoms with Gasteiger partial charge in [0.05, 0.1) is 37.1 Å². The van der Waals surface area contributed by atoms with Gasteiger partial charge in [0, 0.05) is 24.3 Å². The number of ether oxygens (including phenoxy) is 2. The molecule has 1 unspecified atom stereocenters. The summed E-state index contributed by atoms with van der Waals surface area (Å²) < 4.78 is 12.3. The van der Waals surface area contributed by atoms with Gasteiger partial charge in [0.2, 0.25) is 17.7 Å². The molecule has 3 rings (SSSR count). The summed E-state index contributed by atoms with van der Waals surface area (Å²) in [6.45, 7) is 15.8. The fraction of sp³-hybridized carbons (Fsp3) is 0.742. The Kier molecular flexibility index (Phi) is 12.2. The second-order valence-corrected chi connectivity index (χ2v) is 13.4. The number of hydrogen-bond donors (Lipinski definition) is 2. The largest absolute Gasteiger partial charge is 0.460 e. The van der Waals surface area contributed by atoms with E-state index in [1.165, 1.54) is 4.90 Å². The van der Waals surface area contributed by atoms with Crippen LogP contribution in [0.25, 0.3) is 0 Å². The minimum absolute atomic E-state index is 0.129. The number of likely N-dealkylation sites (tertiary alicyclic amines) is 1. The number of esters is 1. The molecule has 236 valence electrons. The van der Waals surface area contributed by atoms with Gasteiger partial charge in [-0.15, -0.1) is 13.2 Å². The zero-order valence-electron chi connectivity index (χ0n) is 25.4. The van der Waals surface area contributed by atoms with Gasteiger partial charge in [-0.25, -0.2) is 0 Å². The van der Waals surface area contributed by atoms with E-state index in [0.717, 1.165) is 12.8 Å². The highest BCUT2D eigenvalue weighted by atomic mass is 79.9. The van der Waals surface area contributed by atoms with Crippen LogP contribution in [0.3, 0.4) is 0 Å². The third-order valence-corrected chi connectivity index (χ3v) is 9.35. The average Bonchev–Trinajstić information content (AvgIpc) is 3.54. The molecule has 0 aromatic heterocycles. The molecule has 0 aromatic carbocycles. The quantitative estimate of drug-likeness (QED) is 0.140. The maximum Gasteiger partial charge on any atom is 0.312 e. The van der Waals surface area contributed by atoms with Crippen molar-refractivity contribution in [2.75, 3.05) is 26.2 Å². The summed E-state index contributed by atoms with van der Waals surface area (Å²) in [4.78, 5) is 57.4. The lowest BCUT2D eigenvalue weighted by atomic mass is 9.70. The van der Waals surface area contributed by atoms with E-state index >= 15 is 0 Å². The highest BCUT2D eigenvalue weighted by molar-refractivity contribution is 9.09. The number of aliphatic hydroxyl groups excluding tert-OH is 1. The maximum atomic E-state index is 14.4. The van der Waals surface area contributed by atoms with Crippen LogP contribution in [-0.2, 0) is 28.7 Å². The third-order valence-electron chi connectivity index (χ3n) is 8.50. The van der Waals surface area contributed by atoms with Crippen molar-refractivity contribution in [2.24, 2.45) is 17.8 Å². The van der Waals surface area contributed by atoms with E-state index in [2.05, 4.69) is 34.4 Å². The standard InChI is InChI=1S/C31H48BrN3O7/c1-7-10-12-23(37)33-17-20(6)41-30(40)24-25-28(38)35(21(18-36)15-19(4)5)27(31(25)16-22(32)26(24)42-31)29(39)34(13-9-3)14-11-8-2/h7,9,19-22,24-27,36H,1,3,8,10-18H2,2,4-6H3,(H,33,37)/t20-,21+,22?,24+,25-,26+,27+,31-/m0/s1. The summed E-state index contributed by atoms with van der Waals surface area (Å²) in [5, 5.41) is 13.2. The van der Waals surface area contributed by atoms with Crippen LogP contribution in [0.15, 0.2) is 25.3 Å². The van der Waals surface area contributed by atoms with Crippen molar-refractivity contribution in [1.82, 2.24) is 15.1 Å². The van der Waals surface area contributed by atoms with E-state index in [9.17, 15) is 24.3 Å². The van der Waals surface area contributed by atoms with Gasteiger partial charge in [0.1, 0.15) is 17.7 Å². The number of amides is 3. The molecule has 10 nitrogen and oxygen atoms in total. The molecular weight excluding hydrogens is 606 g/mol. The van der Waals surface area contributed by atoms with E-state index < -0.39 is 47.7 Å². The second-order valence-electron chi connectivity index (χ2n) is 12.2. The smallest absolute Gasteiger partial charge is 0.312 e. The highest BCUT2D eigenvalue weighted by Crippen LogP contribution is 2.61. The van der Waals surface area contributed by atoms with E-state index in [0.29, 0.717) is 38.8 Å². The number of nitrogens with zero attached hydrogens (tertiary/aromatic N) is 2. The zero-order valence-corrected chi connectivity index (χ0v) is 27.0. The molecule has 3 saturated heterocycles. The molecule has 2 N–H and O–H groups in total. The van der Waals surface area contributed by atoms with Crippen molar-refractivity contribution in [3.63, 3.8) is 0 Å². The summed E-state index contributed by atoms with van der Waals surface area (Å²) in [6.07, 6.45) is 5.41. The van der Waals surface area contributed by atoms with Crippen LogP contribution in [0, 0.1) is 17.8 Å². The molecule has 11 heteroatoms. The van der Waals surface area contributed by atoms with Crippen LogP contribution in [0.5, 0.6) is 0 Å². The van der Waals surface area contributed by atoms with Crippen LogP contribution in [0.1, 0.15) is 66.2 Å². The molecule has 3 fully saturated rings. The lowest BCUT2D eigenvalue weighted by Gasteiger charge is -2.39.